The van der Waals surface area contributed by atoms with Crippen LogP contribution in [0.5, 0.6) is 0 Å². The molecule has 0 aliphatic carbocycles. The van der Waals surface area contributed by atoms with E-state index in [1.807, 2.05) is 0 Å². The minimum atomic E-state index is -0.535. The van der Waals surface area contributed by atoms with Crippen LogP contribution in [0.2, 0.25) is 0 Å². The Labute approximate surface area is 66.4 Å². The average molecular weight is 162 g/mol. The maximum Gasteiger partial charge on any atom is 0.337 e. The van der Waals surface area contributed by atoms with Crippen LogP contribution in [0.1, 0.15) is 13.8 Å². The van der Waals surface area contributed by atoms with Crippen molar-refractivity contribution in [1.82, 2.24) is 0 Å². The Bertz CT molecular complexity index is 124. The Hall–Kier alpha value is -0.610. The normalized spacial score (nSPS) is 15.6. The van der Waals surface area contributed by atoms with Crippen molar-refractivity contribution in [3.63, 3.8) is 0 Å². The molecule has 4 nitrogen and oxygen atoms in total. The first kappa shape index (κ1) is 10.4. The van der Waals surface area contributed by atoms with Crippen molar-refractivity contribution in [3.05, 3.63) is 0 Å². The van der Waals surface area contributed by atoms with E-state index in [1.54, 1.807) is 13.8 Å². The molecule has 2 atom stereocenters. The zero-order chi connectivity index (χ0) is 8.85. The number of carbonyl (C=O) groups excluding carboxylic acids is 1. The first-order valence-electron chi connectivity index (χ1n) is 3.38. The molecule has 66 valence electrons. The molecule has 0 aromatic heterocycles. The van der Waals surface area contributed by atoms with Crippen molar-refractivity contribution in [2.45, 2.75) is 26.2 Å². The van der Waals surface area contributed by atoms with Crippen LogP contribution in [0.15, 0.2) is 0 Å². The van der Waals surface area contributed by atoms with E-state index >= 15 is 0 Å². The monoisotopic (exact) mass is 162 g/mol. The van der Waals surface area contributed by atoms with Gasteiger partial charge in [-0.2, -0.15) is 0 Å². The van der Waals surface area contributed by atoms with Gasteiger partial charge in [-0.05, 0) is 13.8 Å². The number of hydrogen-bond acceptors (Lipinski definition) is 4. The topological polar surface area (TPSA) is 44.8 Å². The maximum absolute atomic E-state index is 10.9. The van der Waals surface area contributed by atoms with Gasteiger partial charge in [-0.15, -0.1) is 0 Å². The van der Waals surface area contributed by atoms with Crippen molar-refractivity contribution >= 4 is 5.97 Å². The molecule has 0 saturated carbocycles. The van der Waals surface area contributed by atoms with Gasteiger partial charge >= 0.3 is 5.97 Å². The second kappa shape index (κ2) is 5.09. The van der Waals surface area contributed by atoms with Crippen molar-refractivity contribution in [2.24, 2.45) is 0 Å². The summed E-state index contributed by atoms with van der Waals surface area (Å²) in [5.74, 6) is -0.415. The van der Waals surface area contributed by atoms with E-state index in [2.05, 4.69) is 0 Å². The SMILES string of the molecule is COC(C)OC(=O)C(C)OC. The van der Waals surface area contributed by atoms with Crippen LogP contribution in [-0.2, 0) is 19.0 Å². The van der Waals surface area contributed by atoms with Crippen molar-refractivity contribution in [2.75, 3.05) is 14.2 Å². The summed E-state index contributed by atoms with van der Waals surface area (Å²) in [6.45, 7) is 3.25. The van der Waals surface area contributed by atoms with Crippen molar-refractivity contribution in [3.8, 4) is 0 Å². The number of hydrogen-bond donors (Lipinski definition) is 0. The van der Waals surface area contributed by atoms with Crippen LogP contribution < -0.4 is 0 Å². The minimum absolute atomic E-state index is 0.415. The highest BCUT2D eigenvalue weighted by Crippen LogP contribution is 1.97. The summed E-state index contributed by atoms with van der Waals surface area (Å²) >= 11 is 0. The molecule has 0 aromatic carbocycles. The lowest BCUT2D eigenvalue weighted by molar-refractivity contribution is -0.179. The number of methoxy groups -OCH3 is 2. The Morgan fingerprint density at radius 2 is 1.73 bits per heavy atom. The summed E-state index contributed by atoms with van der Waals surface area (Å²) < 4.78 is 14.2. The fourth-order valence-corrected chi connectivity index (χ4v) is 0.404. The number of esters is 1. The van der Waals surface area contributed by atoms with Crippen LogP contribution in [0, 0.1) is 0 Å². The van der Waals surface area contributed by atoms with Gasteiger partial charge in [0.15, 0.2) is 12.4 Å². The van der Waals surface area contributed by atoms with Gasteiger partial charge in [0.05, 0.1) is 0 Å². The molecule has 0 rings (SSSR count). The molecule has 0 bridgehead atoms. The van der Waals surface area contributed by atoms with Crippen LogP contribution in [0.4, 0.5) is 0 Å². The van der Waals surface area contributed by atoms with E-state index in [9.17, 15) is 4.79 Å². The molecule has 0 N–H and O–H groups in total. The van der Waals surface area contributed by atoms with Crippen LogP contribution >= 0.6 is 0 Å². The number of carbonyl (C=O) groups is 1. The standard InChI is InChI=1S/C7H14O4/c1-5(9-3)7(8)11-6(2)10-4/h5-6H,1-4H3. The van der Waals surface area contributed by atoms with Gasteiger partial charge in [0.2, 0.25) is 0 Å². The molecule has 0 fully saturated rings. The quantitative estimate of drug-likeness (QED) is 0.447. The second-order valence-corrected chi connectivity index (χ2v) is 2.12. The van der Waals surface area contributed by atoms with E-state index in [-0.39, 0.29) is 0 Å². The second-order valence-electron chi connectivity index (χ2n) is 2.12. The summed E-state index contributed by atoms with van der Waals surface area (Å²) in [5.41, 5.74) is 0. The maximum atomic E-state index is 10.9. The van der Waals surface area contributed by atoms with E-state index < -0.39 is 18.4 Å². The average Bonchev–Trinajstić information content (AvgIpc) is 2.02. The zero-order valence-corrected chi connectivity index (χ0v) is 7.29. The molecule has 11 heavy (non-hydrogen) atoms. The minimum Gasteiger partial charge on any atom is -0.434 e. The fourth-order valence-electron chi connectivity index (χ4n) is 0.404. The van der Waals surface area contributed by atoms with E-state index in [4.69, 9.17) is 14.2 Å². The van der Waals surface area contributed by atoms with Crippen molar-refractivity contribution < 1.29 is 19.0 Å². The van der Waals surface area contributed by atoms with Gasteiger partial charge in [0, 0.05) is 14.2 Å². The Balaban J connectivity index is 3.68. The van der Waals surface area contributed by atoms with Crippen molar-refractivity contribution in [1.29, 1.82) is 0 Å². The lowest BCUT2D eigenvalue weighted by Crippen LogP contribution is -2.26. The number of rotatable bonds is 4. The van der Waals surface area contributed by atoms with Gasteiger partial charge in [0.25, 0.3) is 0 Å². The Kier molecular flexibility index (Phi) is 4.81. The van der Waals surface area contributed by atoms with E-state index in [0.717, 1.165) is 0 Å². The highest BCUT2D eigenvalue weighted by Gasteiger charge is 2.15. The lowest BCUT2D eigenvalue weighted by Gasteiger charge is -2.13. The smallest absolute Gasteiger partial charge is 0.337 e. The van der Waals surface area contributed by atoms with E-state index in [1.165, 1.54) is 14.2 Å². The predicted molar refractivity (Wildman–Crippen MR) is 39.0 cm³/mol. The molecule has 0 radical (unpaired) electrons. The third kappa shape index (κ3) is 3.95. The van der Waals surface area contributed by atoms with Crippen LogP contribution in [0.3, 0.4) is 0 Å². The fraction of sp³-hybridized carbons (Fsp3) is 0.857. The van der Waals surface area contributed by atoms with Gasteiger partial charge in [-0.25, -0.2) is 4.79 Å². The lowest BCUT2D eigenvalue weighted by atomic mass is 10.4. The van der Waals surface area contributed by atoms with Crippen LogP contribution in [0.25, 0.3) is 0 Å². The summed E-state index contributed by atoms with van der Waals surface area (Å²) in [6, 6.07) is 0. The molecule has 0 amide bonds. The molecular weight excluding hydrogens is 148 g/mol. The van der Waals surface area contributed by atoms with Crippen LogP contribution in [-0.4, -0.2) is 32.6 Å². The van der Waals surface area contributed by atoms with E-state index in [0.29, 0.717) is 0 Å². The highest BCUT2D eigenvalue weighted by atomic mass is 16.7. The molecule has 0 saturated heterocycles. The predicted octanol–water partition coefficient (Wildman–Crippen LogP) is 0.557. The summed E-state index contributed by atoms with van der Waals surface area (Å²) in [4.78, 5) is 10.9. The summed E-state index contributed by atoms with van der Waals surface area (Å²) in [7, 11) is 2.92. The molecule has 0 aromatic rings. The molecule has 0 spiro atoms. The first-order valence-corrected chi connectivity index (χ1v) is 3.38. The number of ether oxygens (including phenoxy) is 3. The molecule has 2 unspecified atom stereocenters. The van der Waals surface area contributed by atoms with Gasteiger partial charge in [-0.3, -0.25) is 0 Å². The molecule has 0 heterocycles. The third-order valence-corrected chi connectivity index (χ3v) is 1.30. The molecule has 0 aliphatic heterocycles. The third-order valence-electron chi connectivity index (χ3n) is 1.30. The Morgan fingerprint density at radius 1 is 1.18 bits per heavy atom. The van der Waals surface area contributed by atoms with Gasteiger partial charge < -0.3 is 14.2 Å². The first-order chi connectivity index (χ1) is 5.11. The van der Waals surface area contributed by atoms with Gasteiger partial charge in [-0.1, -0.05) is 0 Å². The molecule has 4 heteroatoms. The highest BCUT2D eigenvalue weighted by molar-refractivity contribution is 5.74. The largest absolute Gasteiger partial charge is 0.434 e. The summed E-state index contributed by atoms with van der Waals surface area (Å²) in [6.07, 6.45) is -1.05. The molecule has 0 aliphatic rings. The summed E-state index contributed by atoms with van der Waals surface area (Å²) in [5, 5.41) is 0. The molecular formula is C7H14O4. The zero-order valence-electron chi connectivity index (χ0n) is 7.29. The Morgan fingerprint density at radius 3 is 2.09 bits per heavy atom. The van der Waals surface area contributed by atoms with Gasteiger partial charge in [0.1, 0.15) is 0 Å².